The second-order valence-electron chi connectivity index (χ2n) is 4.25. The number of hydrogen-bond donors (Lipinski definition) is 0. The third-order valence-corrected chi connectivity index (χ3v) is 5.69. The van der Waals surface area contributed by atoms with E-state index in [2.05, 4.69) is 23.1 Å². The van der Waals surface area contributed by atoms with E-state index in [4.69, 9.17) is 10.00 Å². The quantitative estimate of drug-likeness (QED) is 0.845. The molecule has 0 amide bonds. The highest BCUT2D eigenvalue weighted by Crippen LogP contribution is 2.46. The summed E-state index contributed by atoms with van der Waals surface area (Å²) in [6.07, 6.45) is 0. The third-order valence-electron chi connectivity index (χ3n) is 3.05. The topological polar surface area (TPSA) is 36.3 Å². The van der Waals surface area contributed by atoms with Crippen LogP contribution in [0.4, 0.5) is 5.00 Å². The van der Waals surface area contributed by atoms with Crippen LogP contribution in [0, 0.1) is 11.3 Å². The van der Waals surface area contributed by atoms with Crippen molar-refractivity contribution in [2.45, 2.75) is 0 Å². The van der Waals surface area contributed by atoms with Gasteiger partial charge in [-0.25, -0.2) is 0 Å². The van der Waals surface area contributed by atoms with E-state index in [1.54, 1.807) is 11.3 Å². The number of nitrogens with zero attached hydrogens (tertiary/aromatic N) is 2. The molecule has 5 heteroatoms. The van der Waals surface area contributed by atoms with Gasteiger partial charge >= 0.3 is 0 Å². The number of anilines is 1. The maximum absolute atomic E-state index is 9.16. The summed E-state index contributed by atoms with van der Waals surface area (Å²) in [6, 6.07) is 12.6. The fourth-order valence-electron chi connectivity index (χ4n) is 2.12. The molecule has 0 atom stereocenters. The Balaban J connectivity index is 2.03. The monoisotopic (exact) mass is 288 g/mol. The van der Waals surface area contributed by atoms with Crippen LogP contribution in [0.1, 0.15) is 4.61 Å². The maximum atomic E-state index is 9.16. The SMILES string of the molecule is N#Cc1pc(-c2ccccc2)c(N2CCOCC2)s1. The lowest BCUT2D eigenvalue weighted by Crippen LogP contribution is -2.35. The summed E-state index contributed by atoms with van der Waals surface area (Å²) in [6.45, 7) is 3.36. The van der Waals surface area contributed by atoms with E-state index in [1.807, 2.05) is 18.2 Å². The van der Waals surface area contributed by atoms with E-state index >= 15 is 0 Å². The van der Waals surface area contributed by atoms with Crippen LogP contribution in [0.25, 0.3) is 10.9 Å². The van der Waals surface area contributed by atoms with Crippen LogP contribution in [0.5, 0.6) is 0 Å². The Hall–Kier alpha value is -1.40. The highest BCUT2D eigenvalue weighted by atomic mass is 32.1. The Kier molecular flexibility index (Phi) is 3.79. The molecule has 0 unspecified atom stereocenters. The molecule has 0 saturated carbocycles. The zero-order chi connectivity index (χ0) is 13.1. The van der Waals surface area contributed by atoms with Gasteiger partial charge in [-0.1, -0.05) is 30.3 Å². The van der Waals surface area contributed by atoms with E-state index in [0.29, 0.717) is 0 Å². The van der Waals surface area contributed by atoms with Gasteiger partial charge in [0.25, 0.3) is 0 Å². The lowest BCUT2D eigenvalue weighted by atomic mass is 10.2. The van der Waals surface area contributed by atoms with E-state index < -0.39 is 0 Å². The molecule has 0 radical (unpaired) electrons. The van der Waals surface area contributed by atoms with Crippen molar-refractivity contribution in [1.82, 2.24) is 0 Å². The van der Waals surface area contributed by atoms with Gasteiger partial charge in [0.05, 0.1) is 13.2 Å². The molecule has 0 N–H and O–H groups in total. The number of rotatable bonds is 2. The van der Waals surface area contributed by atoms with Crippen molar-refractivity contribution in [2.24, 2.45) is 0 Å². The Morgan fingerprint density at radius 1 is 1.21 bits per heavy atom. The minimum atomic E-state index is 0.769. The molecule has 19 heavy (non-hydrogen) atoms. The first-order chi connectivity index (χ1) is 9.38. The maximum Gasteiger partial charge on any atom is 0.134 e. The van der Waals surface area contributed by atoms with E-state index in [9.17, 15) is 0 Å². The van der Waals surface area contributed by atoms with Crippen LogP contribution in [-0.4, -0.2) is 26.3 Å². The van der Waals surface area contributed by atoms with Crippen LogP contribution in [0.2, 0.25) is 0 Å². The first-order valence-corrected chi connectivity index (χ1v) is 7.88. The van der Waals surface area contributed by atoms with Crippen LogP contribution >= 0.6 is 19.5 Å². The zero-order valence-electron chi connectivity index (χ0n) is 10.4. The highest BCUT2D eigenvalue weighted by Gasteiger charge is 2.19. The van der Waals surface area contributed by atoms with E-state index in [1.165, 1.54) is 15.9 Å². The molecule has 2 heterocycles. The smallest absolute Gasteiger partial charge is 0.134 e. The predicted octanol–water partition coefficient (Wildman–Crippen LogP) is 3.70. The molecule has 0 bridgehead atoms. The number of ether oxygens (including phenoxy) is 1. The van der Waals surface area contributed by atoms with Gasteiger partial charge in [-0.15, -0.1) is 11.3 Å². The summed E-state index contributed by atoms with van der Waals surface area (Å²) >= 11 is 1.61. The van der Waals surface area contributed by atoms with Crippen molar-refractivity contribution < 1.29 is 4.74 Å². The van der Waals surface area contributed by atoms with Crippen LogP contribution in [0.3, 0.4) is 0 Å². The fourth-order valence-corrected chi connectivity index (χ4v) is 4.64. The predicted molar refractivity (Wildman–Crippen MR) is 80.0 cm³/mol. The summed E-state index contributed by atoms with van der Waals surface area (Å²) in [7, 11) is 1.03. The molecule has 1 aromatic heterocycles. The molecule has 3 rings (SSSR count). The second-order valence-corrected chi connectivity index (χ2v) is 6.67. The van der Waals surface area contributed by atoms with Gasteiger partial charge in [0.15, 0.2) is 0 Å². The average molecular weight is 288 g/mol. The van der Waals surface area contributed by atoms with Gasteiger partial charge in [0.2, 0.25) is 0 Å². The molecule has 0 aliphatic carbocycles. The van der Waals surface area contributed by atoms with Crippen molar-refractivity contribution in [3.05, 3.63) is 34.9 Å². The minimum absolute atomic E-state index is 0.769. The molecule has 3 nitrogen and oxygen atoms in total. The first kappa shape index (κ1) is 12.6. The Morgan fingerprint density at radius 2 is 1.95 bits per heavy atom. The van der Waals surface area contributed by atoms with Crippen molar-refractivity contribution in [3.63, 3.8) is 0 Å². The van der Waals surface area contributed by atoms with Crippen molar-refractivity contribution in [2.75, 3.05) is 31.2 Å². The van der Waals surface area contributed by atoms with Crippen LogP contribution < -0.4 is 4.90 Å². The summed E-state index contributed by atoms with van der Waals surface area (Å²) in [5.74, 6) is 0. The second kappa shape index (κ2) is 5.71. The summed E-state index contributed by atoms with van der Waals surface area (Å²) in [4.78, 5) is 2.34. The van der Waals surface area contributed by atoms with Gasteiger partial charge < -0.3 is 9.64 Å². The lowest BCUT2D eigenvalue weighted by molar-refractivity contribution is 0.123. The summed E-state index contributed by atoms with van der Waals surface area (Å²) < 4.78 is 6.27. The van der Waals surface area contributed by atoms with Gasteiger partial charge in [-0.3, -0.25) is 0 Å². The van der Waals surface area contributed by atoms with E-state index in [-0.39, 0.29) is 0 Å². The Bertz CT molecular complexity index is 600. The Morgan fingerprint density at radius 3 is 2.63 bits per heavy atom. The zero-order valence-corrected chi connectivity index (χ0v) is 12.1. The molecule has 1 fully saturated rings. The van der Waals surface area contributed by atoms with Crippen LogP contribution in [0.15, 0.2) is 30.3 Å². The van der Waals surface area contributed by atoms with Gasteiger partial charge in [-0.2, -0.15) is 5.26 Å². The molecule has 1 aromatic carbocycles. The van der Waals surface area contributed by atoms with Gasteiger partial charge in [0, 0.05) is 18.4 Å². The molecule has 2 aromatic rings. The first-order valence-electron chi connectivity index (χ1n) is 6.17. The highest BCUT2D eigenvalue weighted by molar-refractivity contribution is 7.47. The third kappa shape index (κ3) is 2.64. The van der Waals surface area contributed by atoms with E-state index in [0.717, 1.165) is 39.1 Å². The molecular weight excluding hydrogens is 275 g/mol. The molecular formula is C14H13N2OPS. The molecule has 0 spiro atoms. The summed E-state index contributed by atoms with van der Waals surface area (Å²) in [5, 5.41) is 11.6. The number of hydrogen-bond acceptors (Lipinski definition) is 4. The molecule has 96 valence electrons. The average Bonchev–Trinajstić information content (AvgIpc) is 2.93. The van der Waals surface area contributed by atoms with Crippen molar-refractivity contribution in [3.8, 4) is 16.9 Å². The van der Waals surface area contributed by atoms with Gasteiger partial charge in [0.1, 0.15) is 15.7 Å². The molecule has 1 aliphatic heterocycles. The number of morpholine rings is 1. The minimum Gasteiger partial charge on any atom is -0.378 e. The van der Waals surface area contributed by atoms with Crippen molar-refractivity contribution >= 4 is 24.5 Å². The molecule has 1 saturated heterocycles. The fraction of sp³-hybridized carbons (Fsp3) is 0.286. The lowest BCUT2D eigenvalue weighted by Gasteiger charge is -2.28. The largest absolute Gasteiger partial charge is 0.378 e. The number of benzene rings is 1. The molecule has 1 aliphatic rings. The standard InChI is InChI=1S/C14H13N2OPS/c15-10-12-18-13(11-4-2-1-3-5-11)14(19-12)16-6-8-17-9-7-16/h1-5H,6-9H2. The van der Waals surface area contributed by atoms with Gasteiger partial charge in [-0.05, 0) is 13.8 Å². The van der Waals surface area contributed by atoms with Crippen molar-refractivity contribution in [1.29, 1.82) is 5.26 Å². The Labute approximate surface area is 118 Å². The number of nitriles is 1. The van der Waals surface area contributed by atoms with Crippen LogP contribution in [-0.2, 0) is 4.74 Å². The summed E-state index contributed by atoms with van der Waals surface area (Å²) in [5.41, 5.74) is 1.21. The normalized spacial score (nSPS) is 15.6.